The minimum Gasteiger partial charge on any atom is -0.378 e. The van der Waals surface area contributed by atoms with Crippen LogP contribution in [-0.2, 0) is 7.05 Å². The summed E-state index contributed by atoms with van der Waals surface area (Å²) in [5.41, 5.74) is 5.15. The maximum Gasteiger partial charge on any atom is 0.343 e. The van der Waals surface area contributed by atoms with E-state index in [0.717, 1.165) is 11.8 Å². The summed E-state index contributed by atoms with van der Waals surface area (Å²) in [7, 11) is 1.76. The van der Waals surface area contributed by atoms with Crippen molar-refractivity contribution in [2.75, 3.05) is 5.73 Å². The fraction of sp³-hybridized carbons (Fsp3) is 0.250. The van der Waals surface area contributed by atoms with Crippen LogP contribution in [0.1, 0.15) is 5.82 Å². The predicted molar refractivity (Wildman–Crippen MR) is 63.0 cm³/mol. The highest BCUT2D eigenvalue weighted by atomic mass is 32.2. The molecule has 2 N–H and O–H groups in total. The average Bonchev–Trinajstić information content (AvgIpc) is 2.60. The predicted octanol–water partition coefficient (Wildman–Crippen LogP) is 0.555. The molecule has 0 atom stereocenters. The van der Waals surface area contributed by atoms with Gasteiger partial charge in [-0.25, -0.2) is 9.97 Å². The number of nitrogen functional groups attached to an aromatic ring is 1. The Bertz CT molecular complexity index is 611. The first-order valence-corrected chi connectivity index (χ1v) is 5.61. The van der Waals surface area contributed by atoms with E-state index >= 15 is 0 Å². The van der Waals surface area contributed by atoms with Gasteiger partial charge in [-0.05, 0) is 18.7 Å². The van der Waals surface area contributed by atoms with E-state index in [4.69, 9.17) is 5.73 Å². The van der Waals surface area contributed by atoms with Gasteiger partial charge in [-0.1, -0.05) is 0 Å². The van der Waals surface area contributed by atoms with Crippen LogP contribution >= 0.6 is 11.8 Å². The monoisotopic (exact) mass is 267 g/mol. The maximum absolute atomic E-state index is 10.9. The Morgan fingerprint density at radius 3 is 2.72 bits per heavy atom. The molecule has 2 heterocycles. The van der Waals surface area contributed by atoms with E-state index in [0.29, 0.717) is 11.0 Å². The maximum atomic E-state index is 10.9. The minimum atomic E-state index is -0.610. The molecule has 0 aliphatic carbocycles. The Morgan fingerprint density at radius 2 is 2.17 bits per heavy atom. The second-order valence-electron chi connectivity index (χ2n) is 3.36. The number of nitro groups is 1. The molecular weight excluding hydrogens is 258 g/mol. The molecule has 0 amide bonds. The number of aryl methyl sites for hydroxylation is 1. The van der Waals surface area contributed by atoms with Crippen molar-refractivity contribution in [3.05, 3.63) is 22.3 Å². The molecule has 0 radical (unpaired) electrons. The van der Waals surface area contributed by atoms with Crippen molar-refractivity contribution in [1.29, 1.82) is 0 Å². The van der Waals surface area contributed by atoms with Gasteiger partial charge in [0.2, 0.25) is 5.82 Å². The van der Waals surface area contributed by atoms with Gasteiger partial charge in [-0.2, -0.15) is 0 Å². The van der Waals surface area contributed by atoms with Crippen molar-refractivity contribution < 1.29 is 4.92 Å². The molecule has 2 aromatic heterocycles. The van der Waals surface area contributed by atoms with Crippen LogP contribution < -0.4 is 5.73 Å². The van der Waals surface area contributed by atoms with E-state index in [9.17, 15) is 10.1 Å². The first-order valence-electron chi connectivity index (χ1n) is 4.79. The van der Waals surface area contributed by atoms with E-state index in [2.05, 4.69) is 20.2 Å². The summed E-state index contributed by atoms with van der Waals surface area (Å²) in [6.45, 7) is 1.78. The summed E-state index contributed by atoms with van der Waals surface area (Å²) in [5, 5.41) is 19.3. The summed E-state index contributed by atoms with van der Waals surface area (Å²) in [6, 6.07) is 0. The molecule has 0 saturated heterocycles. The van der Waals surface area contributed by atoms with Gasteiger partial charge in [0.05, 0.1) is 4.92 Å². The van der Waals surface area contributed by atoms with E-state index in [1.807, 2.05) is 0 Å². The van der Waals surface area contributed by atoms with Gasteiger partial charge in [0.1, 0.15) is 12.2 Å². The first kappa shape index (κ1) is 12.2. The average molecular weight is 267 g/mol. The van der Waals surface area contributed by atoms with Crippen molar-refractivity contribution >= 4 is 23.3 Å². The van der Waals surface area contributed by atoms with Crippen molar-refractivity contribution in [3.8, 4) is 0 Å². The van der Waals surface area contributed by atoms with Crippen molar-refractivity contribution in [2.45, 2.75) is 17.1 Å². The molecule has 0 aliphatic heterocycles. The Morgan fingerprint density at radius 1 is 1.44 bits per heavy atom. The van der Waals surface area contributed by atoms with Crippen LogP contribution in [0.4, 0.5) is 11.5 Å². The lowest BCUT2D eigenvalue weighted by Gasteiger charge is -2.02. The highest BCUT2D eigenvalue weighted by Crippen LogP contribution is 2.34. The highest BCUT2D eigenvalue weighted by Gasteiger charge is 2.23. The van der Waals surface area contributed by atoms with Crippen molar-refractivity contribution in [3.63, 3.8) is 0 Å². The number of nitrogens with two attached hydrogens (primary N) is 1. The van der Waals surface area contributed by atoms with Gasteiger partial charge in [0, 0.05) is 7.05 Å². The van der Waals surface area contributed by atoms with Crippen molar-refractivity contribution in [1.82, 2.24) is 24.7 Å². The number of nitrogens with zero attached hydrogens (tertiary/aromatic N) is 6. The zero-order chi connectivity index (χ0) is 13.3. The first-order chi connectivity index (χ1) is 8.50. The van der Waals surface area contributed by atoms with Gasteiger partial charge >= 0.3 is 5.69 Å². The van der Waals surface area contributed by atoms with Gasteiger partial charge < -0.3 is 10.3 Å². The molecule has 2 aromatic rings. The molecule has 0 bridgehead atoms. The molecule has 0 spiro atoms. The molecule has 0 fully saturated rings. The quantitative estimate of drug-likeness (QED) is 0.485. The molecule has 94 valence electrons. The zero-order valence-electron chi connectivity index (χ0n) is 9.56. The Balaban J connectivity index is 2.44. The van der Waals surface area contributed by atoms with E-state index in [1.165, 1.54) is 6.33 Å². The Kier molecular flexibility index (Phi) is 3.10. The second kappa shape index (κ2) is 4.56. The SMILES string of the molecule is Cc1nnc(Sc2ncnc(N)c2[N+](=O)[O-])n1C. The normalized spacial score (nSPS) is 10.6. The zero-order valence-corrected chi connectivity index (χ0v) is 10.4. The Hall–Kier alpha value is -2.23. The lowest BCUT2D eigenvalue weighted by atomic mass is 10.5. The summed E-state index contributed by atoms with van der Waals surface area (Å²) in [6.07, 6.45) is 1.17. The van der Waals surface area contributed by atoms with Gasteiger partial charge in [0.25, 0.3) is 0 Å². The van der Waals surface area contributed by atoms with E-state index in [1.54, 1.807) is 18.5 Å². The summed E-state index contributed by atoms with van der Waals surface area (Å²) in [5.74, 6) is 0.526. The lowest BCUT2D eigenvalue weighted by molar-refractivity contribution is -0.387. The van der Waals surface area contributed by atoms with Crippen LogP contribution in [0.3, 0.4) is 0 Å². The minimum absolute atomic E-state index is 0.142. The summed E-state index contributed by atoms with van der Waals surface area (Å²) < 4.78 is 1.70. The molecule has 0 saturated carbocycles. The number of hydrogen-bond donors (Lipinski definition) is 1. The van der Waals surface area contributed by atoms with E-state index < -0.39 is 4.92 Å². The Labute approximate surface area is 106 Å². The molecule has 0 aromatic carbocycles. The second-order valence-corrected chi connectivity index (χ2v) is 4.32. The van der Waals surface area contributed by atoms with Gasteiger partial charge in [0.15, 0.2) is 10.2 Å². The summed E-state index contributed by atoms with van der Waals surface area (Å²) in [4.78, 5) is 17.8. The van der Waals surface area contributed by atoms with Crippen LogP contribution in [0.25, 0.3) is 0 Å². The summed E-state index contributed by atoms with van der Waals surface area (Å²) >= 11 is 1.02. The van der Waals surface area contributed by atoms with Crippen LogP contribution in [0.15, 0.2) is 16.5 Å². The third-order valence-electron chi connectivity index (χ3n) is 2.24. The van der Waals surface area contributed by atoms with Gasteiger partial charge in [-0.3, -0.25) is 10.1 Å². The smallest absolute Gasteiger partial charge is 0.343 e. The third-order valence-corrected chi connectivity index (χ3v) is 3.27. The van der Waals surface area contributed by atoms with Crippen molar-refractivity contribution in [2.24, 2.45) is 7.05 Å². The molecule has 2 rings (SSSR count). The molecule has 9 nitrogen and oxygen atoms in total. The van der Waals surface area contributed by atoms with Crippen LogP contribution in [-0.4, -0.2) is 29.7 Å². The molecule has 0 unspecified atom stereocenters. The largest absolute Gasteiger partial charge is 0.378 e. The van der Waals surface area contributed by atoms with Gasteiger partial charge in [-0.15, -0.1) is 10.2 Å². The molecule has 0 aliphatic rings. The topological polar surface area (TPSA) is 126 Å². The lowest BCUT2D eigenvalue weighted by Crippen LogP contribution is -2.02. The number of anilines is 1. The number of rotatable bonds is 3. The fourth-order valence-electron chi connectivity index (χ4n) is 1.18. The molecular formula is C8H9N7O2S. The standard InChI is InChI=1S/C8H9N7O2S/c1-4-12-13-8(14(4)2)18-7-5(15(16)17)6(9)10-3-11-7/h3H,1-2H3,(H2,9,10,11). The van der Waals surface area contributed by atoms with Crippen LogP contribution in [0, 0.1) is 17.0 Å². The molecule has 10 heteroatoms. The van der Waals surface area contributed by atoms with Crippen LogP contribution in [0.5, 0.6) is 0 Å². The number of aromatic nitrogens is 5. The fourth-order valence-corrected chi connectivity index (χ4v) is 2.08. The van der Waals surface area contributed by atoms with E-state index in [-0.39, 0.29) is 16.5 Å². The molecule has 18 heavy (non-hydrogen) atoms. The third kappa shape index (κ3) is 2.09. The number of hydrogen-bond acceptors (Lipinski definition) is 8. The van der Waals surface area contributed by atoms with Crippen LogP contribution in [0.2, 0.25) is 0 Å². The highest BCUT2D eigenvalue weighted by molar-refractivity contribution is 7.99.